The molecule has 0 amide bonds. The van der Waals surface area contributed by atoms with E-state index in [2.05, 4.69) is 13.8 Å². The lowest BCUT2D eigenvalue weighted by molar-refractivity contribution is -0.124. The summed E-state index contributed by atoms with van der Waals surface area (Å²) in [5.41, 5.74) is 11.5. The standard InChI is InChI=1S/C16H34N2O/c1-3-5-6-7-11-14(10-4-2)16(19)15(18)12-8-9-13-17/h14-15H,3-13,17-18H2,1-2H3/t14?,15-/m1/s1. The van der Waals surface area contributed by atoms with Crippen LogP contribution < -0.4 is 11.5 Å². The van der Waals surface area contributed by atoms with Gasteiger partial charge in [0.25, 0.3) is 0 Å². The van der Waals surface area contributed by atoms with Gasteiger partial charge >= 0.3 is 0 Å². The number of nitrogens with two attached hydrogens (primary N) is 2. The van der Waals surface area contributed by atoms with Crippen LogP contribution in [0.25, 0.3) is 0 Å². The summed E-state index contributed by atoms with van der Waals surface area (Å²) in [6.07, 6.45) is 10.7. The molecule has 0 saturated carbocycles. The van der Waals surface area contributed by atoms with Crippen molar-refractivity contribution in [1.82, 2.24) is 0 Å². The Bertz CT molecular complexity index is 219. The fourth-order valence-electron chi connectivity index (χ4n) is 2.55. The molecule has 4 N–H and O–H groups in total. The normalized spacial score (nSPS) is 14.3. The van der Waals surface area contributed by atoms with Gasteiger partial charge in [0.1, 0.15) is 0 Å². The highest BCUT2D eigenvalue weighted by molar-refractivity contribution is 5.86. The molecule has 0 spiro atoms. The molecule has 1 unspecified atom stereocenters. The van der Waals surface area contributed by atoms with Crippen molar-refractivity contribution in [2.24, 2.45) is 17.4 Å². The minimum absolute atomic E-state index is 0.190. The van der Waals surface area contributed by atoms with Crippen LogP contribution in [0.3, 0.4) is 0 Å². The van der Waals surface area contributed by atoms with Gasteiger partial charge in [0.05, 0.1) is 6.04 Å². The number of hydrogen-bond donors (Lipinski definition) is 2. The van der Waals surface area contributed by atoms with Crippen LogP contribution in [0.4, 0.5) is 0 Å². The Labute approximate surface area is 119 Å². The Kier molecular flexibility index (Phi) is 12.3. The molecule has 0 saturated heterocycles. The van der Waals surface area contributed by atoms with E-state index in [4.69, 9.17) is 11.5 Å². The van der Waals surface area contributed by atoms with Gasteiger partial charge in [-0.05, 0) is 32.2 Å². The van der Waals surface area contributed by atoms with E-state index in [1.54, 1.807) is 0 Å². The van der Waals surface area contributed by atoms with E-state index in [0.717, 1.165) is 38.5 Å². The Morgan fingerprint density at radius 2 is 1.58 bits per heavy atom. The van der Waals surface area contributed by atoms with Crippen molar-refractivity contribution >= 4 is 5.78 Å². The van der Waals surface area contributed by atoms with Gasteiger partial charge in [-0.25, -0.2) is 0 Å². The summed E-state index contributed by atoms with van der Waals surface area (Å²) in [6, 6.07) is -0.269. The summed E-state index contributed by atoms with van der Waals surface area (Å²) in [5.74, 6) is 0.477. The Morgan fingerprint density at radius 1 is 0.895 bits per heavy atom. The number of hydrogen-bond acceptors (Lipinski definition) is 3. The second-order valence-corrected chi connectivity index (χ2v) is 5.63. The van der Waals surface area contributed by atoms with Crippen LogP contribution in [0.5, 0.6) is 0 Å². The molecule has 0 aliphatic rings. The van der Waals surface area contributed by atoms with Gasteiger partial charge in [0.2, 0.25) is 0 Å². The lowest BCUT2D eigenvalue weighted by Gasteiger charge is -2.19. The smallest absolute Gasteiger partial charge is 0.152 e. The molecule has 0 aromatic rings. The van der Waals surface area contributed by atoms with Gasteiger partial charge in [-0.1, -0.05) is 52.4 Å². The average molecular weight is 270 g/mol. The van der Waals surface area contributed by atoms with Crippen molar-refractivity contribution in [2.45, 2.75) is 84.1 Å². The lowest BCUT2D eigenvalue weighted by atomic mass is 9.87. The number of carbonyl (C=O) groups excluding carboxylic acids is 1. The fourth-order valence-corrected chi connectivity index (χ4v) is 2.55. The van der Waals surface area contributed by atoms with Crippen LogP contribution in [0.15, 0.2) is 0 Å². The van der Waals surface area contributed by atoms with Crippen molar-refractivity contribution in [2.75, 3.05) is 6.54 Å². The largest absolute Gasteiger partial charge is 0.330 e. The Morgan fingerprint density at radius 3 is 2.16 bits per heavy atom. The summed E-state index contributed by atoms with van der Waals surface area (Å²) in [7, 11) is 0. The van der Waals surface area contributed by atoms with E-state index in [-0.39, 0.29) is 17.7 Å². The topological polar surface area (TPSA) is 69.1 Å². The SMILES string of the molecule is CCCCCCC(CCC)C(=O)[C@H](N)CCCCN. The van der Waals surface area contributed by atoms with Crippen molar-refractivity contribution in [3.8, 4) is 0 Å². The number of carbonyl (C=O) groups is 1. The van der Waals surface area contributed by atoms with Crippen LogP contribution in [0.1, 0.15) is 78.1 Å². The summed E-state index contributed by atoms with van der Waals surface area (Å²) < 4.78 is 0. The molecule has 114 valence electrons. The van der Waals surface area contributed by atoms with Crippen LogP contribution in [-0.2, 0) is 4.79 Å². The molecule has 0 rings (SSSR count). The maximum atomic E-state index is 12.3. The zero-order chi connectivity index (χ0) is 14.5. The predicted molar refractivity (Wildman–Crippen MR) is 83.0 cm³/mol. The number of Topliss-reactive ketones (excluding diaryl/α,β-unsaturated/α-hetero) is 1. The molecule has 3 heteroatoms. The van der Waals surface area contributed by atoms with E-state index >= 15 is 0 Å². The zero-order valence-electron chi connectivity index (χ0n) is 13.0. The van der Waals surface area contributed by atoms with Crippen LogP contribution in [0, 0.1) is 5.92 Å². The Hall–Kier alpha value is -0.410. The molecule has 0 bridgehead atoms. The Balaban J connectivity index is 4.07. The highest BCUT2D eigenvalue weighted by Gasteiger charge is 2.22. The second-order valence-electron chi connectivity index (χ2n) is 5.63. The second kappa shape index (κ2) is 12.6. The molecule has 0 heterocycles. The van der Waals surface area contributed by atoms with E-state index in [9.17, 15) is 4.79 Å². The number of ketones is 1. The summed E-state index contributed by atoms with van der Waals surface area (Å²) >= 11 is 0. The van der Waals surface area contributed by atoms with Gasteiger partial charge < -0.3 is 11.5 Å². The molecular weight excluding hydrogens is 236 g/mol. The quantitative estimate of drug-likeness (QED) is 0.504. The molecule has 2 atom stereocenters. The molecule has 0 aromatic heterocycles. The molecule has 0 radical (unpaired) electrons. The van der Waals surface area contributed by atoms with Crippen LogP contribution in [-0.4, -0.2) is 18.4 Å². The minimum Gasteiger partial charge on any atom is -0.330 e. The minimum atomic E-state index is -0.269. The van der Waals surface area contributed by atoms with Gasteiger partial charge in [0, 0.05) is 5.92 Å². The molecule has 0 aliphatic carbocycles. The first-order chi connectivity index (χ1) is 9.17. The summed E-state index contributed by atoms with van der Waals surface area (Å²) in [6.45, 7) is 5.05. The number of rotatable bonds is 13. The third kappa shape index (κ3) is 9.17. The molecule has 3 nitrogen and oxygen atoms in total. The first kappa shape index (κ1) is 18.6. The van der Waals surface area contributed by atoms with Crippen LogP contribution >= 0.6 is 0 Å². The summed E-state index contributed by atoms with van der Waals surface area (Å²) in [5, 5.41) is 0. The van der Waals surface area contributed by atoms with E-state index < -0.39 is 0 Å². The predicted octanol–water partition coefficient (Wildman–Crippen LogP) is 3.40. The van der Waals surface area contributed by atoms with E-state index in [1.165, 1.54) is 25.7 Å². The highest BCUT2D eigenvalue weighted by Crippen LogP contribution is 2.19. The molecular formula is C16H34N2O. The lowest BCUT2D eigenvalue weighted by Crippen LogP contribution is -2.35. The van der Waals surface area contributed by atoms with Crippen molar-refractivity contribution in [3.05, 3.63) is 0 Å². The maximum absolute atomic E-state index is 12.3. The molecule has 19 heavy (non-hydrogen) atoms. The third-order valence-electron chi connectivity index (χ3n) is 3.78. The van der Waals surface area contributed by atoms with Gasteiger partial charge in [-0.3, -0.25) is 4.79 Å². The molecule has 0 fully saturated rings. The maximum Gasteiger partial charge on any atom is 0.152 e. The average Bonchev–Trinajstić information content (AvgIpc) is 2.41. The zero-order valence-corrected chi connectivity index (χ0v) is 13.0. The van der Waals surface area contributed by atoms with E-state index in [0.29, 0.717) is 6.54 Å². The van der Waals surface area contributed by atoms with E-state index in [1.807, 2.05) is 0 Å². The highest BCUT2D eigenvalue weighted by atomic mass is 16.1. The van der Waals surface area contributed by atoms with Crippen molar-refractivity contribution in [1.29, 1.82) is 0 Å². The van der Waals surface area contributed by atoms with Gasteiger partial charge in [-0.2, -0.15) is 0 Å². The molecule has 0 aliphatic heterocycles. The van der Waals surface area contributed by atoms with Crippen LogP contribution in [0.2, 0.25) is 0 Å². The number of unbranched alkanes of at least 4 members (excludes halogenated alkanes) is 4. The fraction of sp³-hybridized carbons (Fsp3) is 0.938. The monoisotopic (exact) mass is 270 g/mol. The van der Waals surface area contributed by atoms with Crippen molar-refractivity contribution < 1.29 is 4.79 Å². The third-order valence-corrected chi connectivity index (χ3v) is 3.78. The first-order valence-electron chi connectivity index (χ1n) is 8.16. The van der Waals surface area contributed by atoms with Gasteiger partial charge in [-0.15, -0.1) is 0 Å². The van der Waals surface area contributed by atoms with Crippen molar-refractivity contribution in [3.63, 3.8) is 0 Å². The first-order valence-corrected chi connectivity index (χ1v) is 8.16. The molecule has 0 aromatic carbocycles. The summed E-state index contributed by atoms with van der Waals surface area (Å²) in [4.78, 5) is 12.3. The van der Waals surface area contributed by atoms with Gasteiger partial charge in [0.15, 0.2) is 5.78 Å².